The van der Waals surface area contributed by atoms with Gasteiger partial charge in [0.2, 0.25) is 0 Å². The molecule has 0 fully saturated rings. The molecule has 1 aliphatic heterocycles. The first-order valence-electron chi connectivity index (χ1n) is 7.27. The first-order valence-corrected chi connectivity index (χ1v) is 7.27. The van der Waals surface area contributed by atoms with Crippen LogP contribution >= 0.6 is 0 Å². The zero-order valence-electron chi connectivity index (χ0n) is 12.5. The molecule has 0 unspecified atom stereocenters. The monoisotopic (exact) mass is 276 g/mol. The Balaban J connectivity index is 2.09. The summed E-state index contributed by atoms with van der Waals surface area (Å²) in [5.74, 6) is 0. The molecular formula is C19H20N2. The lowest BCUT2D eigenvalue weighted by molar-refractivity contribution is 0.631. The van der Waals surface area contributed by atoms with Crippen molar-refractivity contribution in [2.45, 2.75) is 25.8 Å². The van der Waals surface area contributed by atoms with Gasteiger partial charge in [-0.25, -0.2) is 0 Å². The maximum absolute atomic E-state index is 7.49. The second-order valence-corrected chi connectivity index (χ2v) is 5.93. The third-order valence-electron chi connectivity index (χ3n) is 4.22. The highest BCUT2D eigenvalue weighted by Crippen LogP contribution is 2.47. The van der Waals surface area contributed by atoms with E-state index in [2.05, 4.69) is 67.3 Å². The van der Waals surface area contributed by atoms with Crippen molar-refractivity contribution in [2.75, 3.05) is 4.90 Å². The second kappa shape index (κ2) is 5.21. The highest BCUT2D eigenvalue weighted by atomic mass is 15.2. The number of rotatable bonds is 3. The van der Waals surface area contributed by atoms with E-state index in [1.54, 1.807) is 0 Å². The molecule has 2 aromatic rings. The van der Waals surface area contributed by atoms with Crippen LogP contribution in [-0.4, -0.2) is 6.21 Å². The van der Waals surface area contributed by atoms with Crippen molar-refractivity contribution in [2.24, 2.45) is 0 Å². The van der Waals surface area contributed by atoms with E-state index >= 15 is 0 Å². The SMILES string of the molecule is CC1(C)/C(=C/C=N)N(Cc2ccccc2)c2ccccc21. The van der Waals surface area contributed by atoms with E-state index in [9.17, 15) is 0 Å². The largest absolute Gasteiger partial charge is 0.339 e. The van der Waals surface area contributed by atoms with Crippen LogP contribution in [0.25, 0.3) is 0 Å². The molecule has 21 heavy (non-hydrogen) atoms. The quantitative estimate of drug-likeness (QED) is 0.820. The van der Waals surface area contributed by atoms with Crippen molar-refractivity contribution in [1.29, 1.82) is 5.41 Å². The predicted octanol–water partition coefficient (Wildman–Crippen LogP) is 4.52. The molecule has 0 spiro atoms. The number of nitrogens with zero attached hydrogens (tertiary/aromatic N) is 1. The van der Waals surface area contributed by atoms with Crippen LogP contribution < -0.4 is 4.90 Å². The van der Waals surface area contributed by atoms with Gasteiger partial charge in [-0.1, -0.05) is 62.4 Å². The summed E-state index contributed by atoms with van der Waals surface area (Å²) in [5, 5.41) is 7.49. The average molecular weight is 276 g/mol. The molecule has 0 saturated carbocycles. The van der Waals surface area contributed by atoms with Gasteiger partial charge in [0.1, 0.15) is 0 Å². The summed E-state index contributed by atoms with van der Waals surface area (Å²) in [6, 6.07) is 19.0. The maximum Gasteiger partial charge on any atom is 0.0479 e. The summed E-state index contributed by atoms with van der Waals surface area (Å²) in [6.45, 7) is 5.29. The molecule has 106 valence electrons. The van der Waals surface area contributed by atoms with Gasteiger partial charge in [0.25, 0.3) is 0 Å². The van der Waals surface area contributed by atoms with Crippen LogP contribution in [0.1, 0.15) is 25.0 Å². The average Bonchev–Trinajstić information content (AvgIpc) is 2.71. The number of para-hydroxylation sites is 1. The molecule has 1 aliphatic rings. The predicted molar refractivity (Wildman–Crippen MR) is 89.0 cm³/mol. The van der Waals surface area contributed by atoms with Gasteiger partial charge in [-0.3, -0.25) is 0 Å². The molecule has 1 heterocycles. The number of nitrogens with one attached hydrogen (secondary N) is 1. The molecule has 0 amide bonds. The summed E-state index contributed by atoms with van der Waals surface area (Å²) in [6.07, 6.45) is 3.31. The van der Waals surface area contributed by atoms with E-state index in [0.717, 1.165) is 6.54 Å². The number of fused-ring (bicyclic) bond motifs is 1. The van der Waals surface area contributed by atoms with Gasteiger partial charge in [0.05, 0.1) is 0 Å². The normalized spacial score (nSPS) is 17.8. The summed E-state index contributed by atoms with van der Waals surface area (Å²) >= 11 is 0. The van der Waals surface area contributed by atoms with E-state index in [4.69, 9.17) is 5.41 Å². The lowest BCUT2D eigenvalue weighted by atomic mass is 9.84. The van der Waals surface area contributed by atoms with Crippen molar-refractivity contribution in [3.8, 4) is 0 Å². The molecule has 2 heteroatoms. The highest BCUT2D eigenvalue weighted by Gasteiger charge is 2.39. The number of hydrogen-bond acceptors (Lipinski definition) is 2. The van der Waals surface area contributed by atoms with Crippen LogP contribution in [0.2, 0.25) is 0 Å². The van der Waals surface area contributed by atoms with Gasteiger partial charge in [-0.15, -0.1) is 0 Å². The Hall–Kier alpha value is -2.35. The number of allylic oxidation sites excluding steroid dienone is 2. The van der Waals surface area contributed by atoms with Gasteiger partial charge in [0.15, 0.2) is 0 Å². The molecule has 0 aliphatic carbocycles. The molecule has 1 N–H and O–H groups in total. The molecule has 0 aromatic heterocycles. The van der Waals surface area contributed by atoms with Crippen LogP contribution in [0.4, 0.5) is 5.69 Å². The van der Waals surface area contributed by atoms with Crippen molar-refractivity contribution in [3.05, 3.63) is 77.5 Å². The number of anilines is 1. The minimum atomic E-state index is -0.0665. The Morgan fingerprint density at radius 3 is 2.38 bits per heavy atom. The van der Waals surface area contributed by atoms with E-state index < -0.39 is 0 Å². The van der Waals surface area contributed by atoms with Crippen LogP contribution in [0.5, 0.6) is 0 Å². The Bertz CT molecular complexity index is 684. The molecule has 0 bridgehead atoms. The standard InChI is InChI=1S/C19H20N2/c1-19(2)16-10-6-7-11-17(16)21(18(19)12-13-20)14-15-8-4-3-5-9-15/h3-13,20H,14H2,1-2H3/b18-12-,20-13?. The molecule has 0 atom stereocenters. The first-order chi connectivity index (χ1) is 10.1. The van der Waals surface area contributed by atoms with E-state index in [0.29, 0.717) is 0 Å². The molecule has 2 aromatic carbocycles. The van der Waals surface area contributed by atoms with Gasteiger partial charge in [-0.05, 0) is 23.3 Å². The summed E-state index contributed by atoms with van der Waals surface area (Å²) in [4.78, 5) is 2.33. The Labute approximate surface area is 126 Å². The van der Waals surface area contributed by atoms with Crippen LogP contribution in [-0.2, 0) is 12.0 Å². The summed E-state index contributed by atoms with van der Waals surface area (Å²) in [5.41, 5.74) is 4.97. The molecule has 0 radical (unpaired) electrons. The molecule has 0 saturated heterocycles. The zero-order valence-corrected chi connectivity index (χ0v) is 12.5. The van der Waals surface area contributed by atoms with Gasteiger partial charge < -0.3 is 10.3 Å². The first kappa shape index (κ1) is 13.6. The number of benzene rings is 2. The van der Waals surface area contributed by atoms with Gasteiger partial charge in [0, 0.05) is 29.6 Å². The van der Waals surface area contributed by atoms with E-state index in [1.165, 1.54) is 28.7 Å². The third kappa shape index (κ3) is 2.27. The van der Waals surface area contributed by atoms with Crippen molar-refractivity contribution in [3.63, 3.8) is 0 Å². The fourth-order valence-corrected chi connectivity index (χ4v) is 3.16. The zero-order chi connectivity index (χ0) is 14.9. The topological polar surface area (TPSA) is 27.1 Å². The molecular weight excluding hydrogens is 256 g/mol. The lowest BCUT2D eigenvalue weighted by Crippen LogP contribution is -2.26. The van der Waals surface area contributed by atoms with Crippen molar-refractivity contribution >= 4 is 11.9 Å². The number of hydrogen-bond donors (Lipinski definition) is 1. The fraction of sp³-hybridized carbons (Fsp3) is 0.211. The van der Waals surface area contributed by atoms with Gasteiger partial charge >= 0.3 is 0 Å². The minimum absolute atomic E-state index is 0.0665. The Morgan fingerprint density at radius 1 is 1.00 bits per heavy atom. The Morgan fingerprint density at radius 2 is 1.67 bits per heavy atom. The van der Waals surface area contributed by atoms with Crippen LogP contribution in [0.3, 0.4) is 0 Å². The highest BCUT2D eigenvalue weighted by molar-refractivity contribution is 5.78. The second-order valence-electron chi connectivity index (χ2n) is 5.93. The molecule has 3 rings (SSSR count). The maximum atomic E-state index is 7.49. The van der Waals surface area contributed by atoms with E-state index in [1.807, 2.05) is 12.1 Å². The minimum Gasteiger partial charge on any atom is -0.339 e. The fourth-order valence-electron chi connectivity index (χ4n) is 3.16. The van der Waals surface area contributed by atoms with Gasteiger partial charge in [-0.2, -0.15) is 0 Å². The lowest BCUT2D eigenvalue weighted by Gasteiger charge is -2.27. The van der Waals surface area contributed by atoms with E-state index in [-0.39, 0.29) is 5.41 Å². The van der Waals surface area contributed by atoms with Crippen LogP contribution in [0.15, 0.2) is 66.4 Å². The summed E-state index contributed by atoms with van der Waals surface area (Å²) in [7, 11) is 0. The Kier molecular flexibility index (Phi) is 3.38. The smallest absolute Gasteiger partial charge is 0.0479 e. The van der Waals surface area contributed by atoms with Crippen molar-refractivity contribution < 1.29 is 0 Å². The third-order valence-corrected chi connectivity index (χ3v) is 4.22. The van der Waals surface area contributed by atoms with Crippen LogP contribution in [0, 0.1) is 5.41 Å². The summed E-state index contributed by atoms with van der Waals surface area (Å²) < 4.78 is 0. The van der Waals surface area contributed by atoms with Crippen molar-refractivity contribution in [1.82, 2.24) is 0 Å². The molecule has 2 nitrogen and oxygen atoms in total.